The van der Waals surface area contributed by atoms with Gasteiger partial charge in [0.15, 0.2) is 0 Å². The Labute approximate surface area is 145 Å². The van der Waals surface area contributed by atoms with Crippen LogP contribution in [0.15, 0.2) is 65.1 Å². The van der Waals surface area contributed by atoms with Crippen LogP contribution < -0.4 is 5.32 Å². The van der Waals surface area contributed by atoms with Crippen LogP contribution in [-0.4, -0.2) is 0 Å². The molecule has 0 amide bonds. The third kappa shape index (κ3) is 4.83. The van der Waals surface area contributed by atoms with E-state index in [-0.39, 0.29) is 18.2 Å². The summed E-state index contributed by atoms with van der Waals surface area (Å²) in [5.41, 5.74) is 1.99. The summed E-state index contributed by atoms with van der Waals surface area (Å²) in [6.45, 7) is 1.27. The van der Waals surface area contributed by atoms with E-state index in [2.05, 4.69) is 5.32 Å². The van der Waals surface area contributed by atoms with Crippen molar-refractivity contribution in [3.05, 3.63) is 82.8 Å². The maximum atomic E-state index is 12.8. The van der Waals surface area contributed by atoms with Crippen molar-refractivity contribution in [3.8, 4) is 11.3 Å². The molecule has 1 N–H and O–H groups in total. The van der Waals surface area contributed by atoms with E-state index in [1.807, 2.05) is 36.4 Å². The second-order valence-corrected chi connectivity index (χ2v) is 5.44. The molecule has 0 fully saturated rings. The maximum absolute atomic E-state index is 12.8. The topological polar surface area (TPSA) is 25.2 Å². The molecular formula is C18H16Cl2FNO. The number of benzene rings is 2. The molecule has 2 aromatic carbocycles. The molecular weight excluding hydrogens is 336 g/mol. The van der Waals surface area contributed by atoms with Crippen LogP contribution in [0.4, 0.5) is 4.39 Å². The minimum absolute atomic E-state index is 0. The summed E-state index contributed by atoms with van der Waals surface area (Å²) in [6.07, 6.45) is 0. The van der Waals surface area contributed by atoms with E-state index in [9.17, 15) is 4.39 Å². The van der Waals surface area contributed by atoms with Crippen molar-refractivity contribution >= 4 is 24.0 Å². The van der Waals surface area contributed by atoms with Gasteiger partial charge in [0.25, 0.3) is 0 Å². The molecule has 0 aliphatic carbocycles. The Bertz CT molecular complexity index is 756. The average molecular weight is 352 g/mol. The highest BCUT2D eigenvalue weighted by atomic mass is 35.5. The fourth-order valence-electron chi connectivity index (χ4n) is 2.20. The van der Waals surface area contributed by atoms with Crippen LogP contribution in [0.3, 0.4) is 0 Å². The third-order valence-corrected chi connectivity index (χ3v) is 3.55. The zero-order chi connectivity index (χ0) is 15.4. The lowest BCUT2D eigenvalue weighted by Gasteiger charge is -2.03. The summed E-state index contributed by atoms with van der Waals surface area (Å²) in [5.74, 6) is 1.42. The first-order valence-electron chi connectivity index (χ1n) is 7.00. The Morgan fingerprint density at radius 3 is 2.48 bits per heavy atom. The molecule has 3 aromatic rings. The molecule has 0 unspecified atom stereocenters. The van der Waals surface area contributed by atoms with E-state index < -0.39 is 0 Å². The van der Waals surface area contributed by atoms with Crippen molar-refractivity contribution < 1.29 is 8.81 Å². The Kier molecular flexibility index (Phi) is 6.22. The van der Waals surface area contributed by atoms with Crippen molar-refractivity contribution in [2.24, 2.45) is 0 Å². The summed E-state index contributed by atoms with van der Waals surface area (Å²) in [5, 5.41) is 3.96. The highest BCUT2D eigenvalue weighted by Gasteiger charge is 2.05. The molecule has 3 rings (SSSR count). The molecule has 120 valence electrons. The van der Waals surface area contributed by atoms with E-state index in [0.717, 1.165) is 22.6 Å². The van der Waals surface area contributed by atoms with Gasteiger partial charge in [-0.2, -0.15) is 0 Å². The highest BCUT2D eigenvalue weighted by Crippen LogP contribution is 2.24. The maximum Gasteiger partial charge on any atom is 0.134 e. The molecule has 0 saturated carbocycles. The summed E-state index contributed by atoms with van der Waals surface area (Å²) < 4.78 is 18.6. The van der Waals surface area contributed by atoms with Gasteiger partial charge in [0, 0.05) is 17.1 Å². The van der Waals surface area contributed by atoms with Gasteiger partial charge < -0.3 is 9.73 Å². The zero-order valence-electron chi connectivity index (χ0n) is 12.3. The second kappa shape index (κ2) is 8.16. The van der Waals surface area contributed by atoms with Crippen molar-refractivity contribution in [2.75, 3.05) is 0 Å². The molecule has 1 heterocycles. The van der Waals surface area contributed by atoms with Gasteiger partial charge >= 0.3 is 0 Å². The zero-order valence-corrected chi connectivity index (χ0v) is 13.8. The van der Waals surface area contributed by atoms with Crippen LogP contribution in [-0.2, 0) is 13.1 Å². The van der Waals surface area contributed by atoms with E-state index in [4.69, 9.17) is 16.0 Å². The van der Waals surface area contributed by atoms with Crippen LogP contribution in [0.2, 0.25) is 5.02 Å². The van der Waals surface area contributed by atoms with E-state index in [1.165, 1.54) is 12.1 Å². The van der Waals surface area contributed by atoms with Crippen LogP contribution in [0, 0.1) is 5.82 Å². The predicted molar refractivity (Wildman–Crippen MR) is 93.3 cm³/mol. The van der Waals surface area contributed by atoms with Gasteiger partial charge in [0.1, 0.15) is 17.3 Å². The molecule has 0 atom stereocenters. The van der Waals surface area contributed by atoms with Crippen molar-refractivity contribution in [3.63, 3.8) is 0 Å². The standard InChI is InChI=1S/C18H15ClFNO.ClH/c19-15-3-1-2-14(10-15)18-9-8-17(22-18)12-21-11-13-4-6-16(20)7-5-13;/h1-10,21H,11-12H2;1H. The summed E-state index contributed by atoms with van der Waals surface area (Å²) >= 11 is 5.98. The van der Waals surface area contributed by atoms with Crippen molar-refractivity contribution in [1.29, 1.82) is 0 Å². The normalized spacial score (nSPS) is 10.3. The Balaban J connectivity index is 0.00000192. The molecule has 0 saturated heterocycles. The highest BCUT2D eigenvalue weighted by molar-refractivity contribution is 6.30. The van der Waals surface area contributed by atoms with E-state index >= 15 is 0 Å². The van der Waals surface area contributed by atoms with Crippen molar-refractivity contribution in [1.82, 2.24) is 5.32 Å². The molecule has 0 aliphatic heterocycles. The van der Waals surface area contributed by atoms with Crippen LogP contribution in [0.25, 0.3) is 11.3 Å². The van der Waals surface area contributed by atoms with Crippen molar-refractivity contribution in [2.45, 2.75) is 13.1 Å². The molecule has 1 aromatic heterocycles. The van der Waals surface area contributed by atoms with Gasteiger partial charge in [-0.25, -0.2) is 4.39 Å². The number of rotatable bonds is 5. The average Bonchev–Trinajstić information content (AvgIpc) is 2.98. The molecule has 0 radical (unpaired) electrons. The lowest BCUT2D eigenvalue weighted by Crippen LogP contribution is -2.11. The van der Waals surface area contributed by atoms with Crippen LogP contribution >= 0.6 is 24.0 Å². The van der Waals surface area contributed by atoms with Gasteiger partial charge in [-0.1, -0.05) is 35.9 Å². The van der Waals surface area contributed by atoms with Crippen LogP contribution in [0.1, 0.15) is 11.3 Å². The van der Waals surface area contributed by atoms with Gasteiger partial charge in [-0.3, -0.25) is 0 Å². The van der Waals surface area contributed by atoms with Gasteiger partial charge in [0.2, 0.25) is 0 Å². The minimum Gasteiger partial charge on any atom is -0.460 e. The molecule has 0 aliphatic rings. The summed E-state index contributed by atoms with van der Waals surface area (Å²) in [4.78, 5) is 0. The first-order chi connectivity index (χ1) is 10.7. The number of halogens is 3. The Morgan fingerprint density at radius 1 is 0.957 bits per heavy atom. The fourth-order valence-corrected chi connectivity index (χ4v) is 2.39. The molecule has 23 heavy (non-hydrogen) atoms. The third-order valence-electron chi connectivity index (χ3n) is 3.31. The first kappa shape index (κ1) is 17.5. The second-order valence-electron chi connectivity index (χ2n) is 5.01. The van der Waals surface area contributed by atoms with Gasteiger partial charge in [0.05, 0.1) is 6.54 Å². The predicted octanol–water partition coefficient (Wildman–Crippen LogP) is 5.45. The number of hydrogen-bond acceptors (Lipinski definition) is 2. The summed E-state index contributed by atoms with van der Waals surface area (Å²) in [7, 11) is 0. The monoisotopic (exact) mass is 351 g/mol. The van der Waals surface area contributed by atoms with E-state index in [0.29, 0.717) is 18.1 Å². The van der Waals surface area contributed by atoms with E-state index in [1.54, 1.807) is 12.1 Å². The molecule has 0 spiro atoms. The largest absolute Gasteiger partial charge is 0.460 e. The smallest absolute Gasteiger partial charge is 0.134 e. The number of hydrogen-bond donors (Lipinski definition) is 1. The van der Waals surface area contributed by atoms with Gasteiger partial charge in [-0.05, 0) is 42.0 Å². The molecule has 5 heteroatoms. The fraction of sp³-hybridized carbons (Fsp3) is 0.111. The Morgan fingerprint density at radius 2 is 1.74 bits per heavy atom. The van der Waals surface area contributed by atoms with Crippen LogP contribution in [0.5, 0.6) is 0 Å². The lowest BCUT2D eigenvalue weighted by atomic mass is 10.2. The molecule has 2 nitrogen and oxygen atoms in total. The quantitative estimate of drug-likeness (QED) is 0.660. The number of nitrogens with one attached hydrogen (secondary N) is 1. The lowest BCUT2D eigenvalue weighted by molar-refractivity contribution is 0.493. The Hall–Kier alpha value is -1.81. The number of furan rings is 1. The SMILES string of the molecule is Cl.Fc1ccc(CNCc2ccc(-c3cccc(Cl)c3)o2)cc1. The molecule has 0 bridgehead atoms. The van der Waals surface area contributed by atoms with Gasteiger partial charge in [-0.15, -0.1) is 12.4 Å². The minimum atomic E-state index is -0.221. The summed E-state index contributed by atoms with van der Waals surface area (Å²) in [6, 6.07) is 17.9. The first-order valence-corrected chi connectivity index (χ1v) is 7.38.